The van der Waals surface area contributed by atoms with Gasteiger partial charge in [-0.2, -0.15) is 0 Å². The number of amides is 1. The lowest BCUT2D eigenvalue weighted by molar-refractivity contribution is 0.0172. The fourth-order valence-electron chi connectivity index (χ4n) is 5.92. The molecule has 0 aromatic heterocycles. The van der Waals surface area contributed by atoms with E-state index < -0.39 is 46.4 Å². The number of hydrogen-bond donors (Lipinski definition) is 1. The summed E-state index contributed by atoms with van der Waals surface area (Å²) in [6.45, 7) is 14.9. The molecule has 1 amide bonds. The minimum absolute atomic E-state index is 0. The Morgan fingerprint density at radius 3 is 1.50 bits per heavy atom. The van der Waals surface area contributed by atoms with Crippen molar-refractivity contribution >= 4 is 25.8 Å². The number of piperidine rings is 2. The zero-order valence-electron chi connectivity index (χ0n) is 27.4. The average Bonchev–Trinajstić information content (AvgIpc) is 2.97. The maximum absolute atomic E-state index is 13.5. The Labute approximate surface area is 275 Å². The van der Waals surface area contributed by atoms with E-state index in [1.54, 1.807) is 32.6 Å². The zero-order chi connectivity index (χ0) is 33.8. The Balaban J connectivity index is 0.000000328. The van der Waals surface area contributed by atoms with Crippen LogP contribution in [0.2, 0.25) is 0 Å². The Kier molecular flexibility index (Phi) is 13.0. The highest BCUT2D eigenvalue weighted by Crippen LogP contribution is 2.39. The van der Waals surface area contributed by atoms with E-state index in [0.717, 1.165) is 38.1 Å². The summed E-state index contributed by atoms with van der Waals surface area (Å²) >= 11 is 0. The van der Waals surface area contributed by atoms with Gasteiger partial charge in [-0.15, -0.1) is 0 Å². The van der Waals surface area contributed by atoms with Gasteiger partial charge in [0.2, 0.25) is 0 Å². The normalized spacial score (nSPS) is 17.4. The predicted octanol–water partition coefficient (Wildman–Crippen LogP) is 7.04. The lowest BCUT2D eigenvalue weighted by Crippen LogP contribution is -2.48. The quantitative estimate of drug-likeness (QED) is 0.347. The van der Waals surface area contributed by atoms with Crippen LogP contribution in [0.4, 0.5) is 13.6 Å². The molecule has 4 rings (SSSR count). The molecule has 12 heteroatoms. The SMILES string of the molecule is C.CC(C)(C)OC(=O)N1CCC(C(C)(C)S(=O)(=O)c2cccc(F)c2)CC1.CC(C)(C1CCNCC1)S(=O)(=O)c1cccc(F)c1. The molecule has 0 spiro atoms. The van der Waals surface area contributed by atoms with Crippen molar-refractivity contribution in [2.75, 3.05) is 26.2 Å². The number of likely N-dealkylation sites (tertiary alicyclic amines) is 1. The van der Waals surface area contributed by atoms with Crippen molar-refractivity contribution in [3.05, 3.63) is 60.2 Å². The third-order valence-electron chi connectivity index (χ3n) is 9.05. The maximum Gasteiger partial charge on any atom is 0.410 e. The number of sulfone groups is 2. The van der Waals surface area contributed by atoms with E-state index in [2.05, 4.69) is 5.32 Å². The summed E-state index contributed by atoms with van der Waals surface area (Å²) in [5, 5.41) is 3.23. The van der Waals surface area contributed by atoms with E-state index in [9.17, 15) is 30.4 Å². The van der Waals surface area contributed by atoms with Gasteiger partial charge in [0, 0.05) is 13.1 Å². The van der Waals surface area contributed by atoms with Crippen molar-refractivity contribution in [2.24, 2.45) is 11.8 Å². The second kappa shape index (κ2) is 15.1. The van der Waals surface area contributed by atoms with E-state index in [1.807, 2.05) is 20.8 Å². The van der Waals surface area contributed by atoms with Crippen LogP contribution in [0.5, 0.6) is 0 Å². The summed E-state index contributed by atoms with van der Waals surface area (Å²) in [6, 6.07) is 10.4. The molecule has 2 aromatic rings. The van der Waals surface area contributed by atoms with Crippen LogP contribution in [0.1, 0.15) is 81.6 Å². The van der Waals surface area contributed by atoms with Crippen molar-refractivity contribution in [3.8, 4) is 0 Å². The number of benzene rings is 2. The Morgan fingerprint density at radius 2 is 1.13 bits per heavy atom. The van der Waals surface area contributed by atoms with Crippen molar-refractivity contribution < 1.29 is 35.1 Å². The van der Waals surface area contributed by atoms with Crippen LogP contribution in [0.3, 0.4) is 0 Å². The van der Waals surface area contributed by atoms with Gasteiger partial charge in [-0.3, -0.25) is 0 Å². The summed E-state index contributed by atoms with van der Waals surface area (Å²) in [7, 11) is -7.23. The number of carbonyl (C=O) groups is 1. The molecule has 0 radical (unpaired) electrons. The Bertz CT molecular complexity index is 1540. The molecule has 2 aliphatic heterocycles. The molecule has 2 fully saturated rings. The molecular weight excluding hydrogens is 635 g/mol. The molecule has 0 unspecified atom stereocenters. The monoisotopic (exact) mass is 686 g/mol. The van der Waals surface area contributed by atoms with Gasteiger partial charge in [0.1, 0.15) is 17.2 Å². The molecule has 0 atom stereocenters. The Morgan fingerprint density at radius 1 is 0.739 bits per heavy atom. The second-order valence-corrected chi connectivity index (χ2v) is 19.0. The van der Waals surface area contributed by atoms with Crippen LogP contribution in [-0.4, -0.2) is 69.1 Å². The minimum Gasteiger partial charge on any atom is -0.444 e. The first kappa shape index (κ1) is 39.6. The minimum atomic E-state index is -3.70. The van der Waals surface area contributed by atoms with Crippen LogP contribution in [0, 0.1) is 23.5 Å². The lowest BCUT2D eigenvalue weighted by Gasteiger charge is -2.40. The van der Waals surface area contributed by atoms with E-state index in [4.69, 9.17) is 4.74 Å². The fourth-order valence-corrected chi connectivity index (χ4v) is 9.53. The van der Waals surface area contributed by atoms with Crippen LogP contribution in [0.15, 0.2) is 58.3 Å². The first-order valence-corrected chi connectivity index (χ1v) is 18.4. The van der Waals surface area contributed by atoms with E-state index >= 15 is 0 Å². The topological polar surface area (TPSA) is 110 Å². The highest BCUT2D eigenvalue weighted by molar-refractivity contribution is 7.93. The summed E-state index contributed by atoms with van der Waals surface area (Å²) in [5.74, 6) is -1.11. The number of carbonyl (C=O) groups excluding carboxylic acids is 1. The molecule has 8 nitrogen and oxygen atoms in total. The van der Waals surface area contributed by atoms with E-state index in [-0.39, 0.29) is 35.1 Å². The number of ether oxygens (including phenoxy) is 1. The lowest BCUT2D eigenvalue weighted by atomic mass is 9.86. The van der Waals surface area contributed by atoms with Gasteiger partial charge in [-0.1, -0.05) is 19.6 Å². The first-order valence-electron chi connectivity index (χ1n) is 15.4. The largest absolute Gasteiger partial charge is 0.444 e. The summed E-state index contributed by atoms with van der Waals surface area (Å²) in [6.07, 6.45) is 2.41. The summed E-state index contributed by atoms with van der Waals surface area (Å²) in [5.41, 5.74) is -0.562. The molecule has 2 heterocycles. The number of nitrogens with one attached hydrogen (secondary N) is 1. The van der Waals surface area contributed by atoms with Crippen LogP contribution < -0.4 is 5.32 Å². The van der Waals surface area contributed by atoms with Crippen molar-refractivity contribution in [1.29, 1.82) is 0 Å². The van der Waals surface area contributed by atoms with Gasteiger partial charge in [0.15, 0.2) is 19.7 Å². The zero-order valence-corrected chi connectivity index (χ0v) is 29.0. The molecule has 2 aromatic carbocycles. The van der Waals surface area contributed by atoms with Gasteiger partial charge in [-0.05, 0) is 135 Å². The third-order valence-corrected chi connectivity index (χ3v) is 14.2. The molecule has 260 valence electrons. The van der Waals surface area contributed by atoms with E-state index in [1.165, 1.54) is 36.4 Å². The second-order valence-electron chi connectivity index (χ2n) is 13.9. The molecule has 2 aliphatic rings. The number of nitrogens with zero attached hydrogens (tertiary/aromatic N) is 1. The number of halogens is 2. The van der Waals surface area contributed by atoms with Gasteiger partial charge >= 0.3 is 6.09 Å². The van der Waals surface area contributed by atoms with Gasteiger partial charge < -0.3 is 15.0 Å². The highest BCUT2D eigenvalue weighted by Gasteiger charge is 2.45. The van der Waals surface area contributed by atoms with Gasteiger partial charge in [0.05, 0.1) is 19.3 Å². The molecule has 0 bridgehead atoms. The summed E-state index contributed by atoms with van der Waals surface area (Å²) < 4.78 is 81.7. The van der Waals surface area contributed by atoms with Gasteiger partial charge in [-0.25, -0.2) is 30.4 Å². The molecule has 2 saturated heterocycles. The van der Waals surface area contributed by atoms with Crippen LogP contribution >= 0.6 is 0 Å². The molecular formula is C34H52F2N2O6S2. The predicted molar refractivity (Wildman–Crippen MR) is 178 cm³/mol. The first-order chi connectivity index (χ1) is 20.7. The summed E-state index contributed by atoms with van der Waals surface area (Å²) in [4.78, 5) is 13.9. The maximum atomic E-state index is 13.5. The smallest absolute Gasteiger partial charge is 0.410 e. The standard InChI is InChI=1S/C19H28FNO4S.C14H20FNO2S.CH4/c1-18(2,3)25-17(22)21-11-9-14(10-12-21)19(4,5)26(23,24)16-8-6-7-15(20)13-16;1-14(2,11-6-8-16-9-7-11)19(17,18)13-5-3-4-12(15)10-13;/h6-8,13-14H,9-12H2,1-5H3;3-5,10-11,16H,6-9H2,1-2H3;1H4. The third kappa shape index (κ3) is 9.07. The molecule has 1 N–H and O–H groups in total. The number of rotatable bonds is 6. The van der Waals surface area contributed by atoms with Crippen molar-refractivity contribution in [2.45, 2.75) is 106 Å². The van der Waals surface area contributed by atoms with E-state index in [0.29, 0.717) is 25.9 Å². The highest BCUT2D eigenvalue weighted by atomic mass is 32.2. The fraction of sp³-hybridized carbons (Fsp3) is 0.618. The van der Waals surface area contributed by atoms with Crippen molar-refractivity contribution in [1.82, 2.24) is 10.2 Å². The molecule has 46 heavy (non-hydrogen) atoms. The molecule has 0 aliphatic carbocycles. The van der Waals surface area contributed by atoms with Crippen LogP contribution in [0.25, 0.3) is 0 Å². The van der Waals surface area contributed by atoms with Gasteiger partial charge in [0.25, 0.3) is 0 Å². The average molecular weight is 687 g/mol. The Hall–Kier alpha value is -2.57. The van der Waals surface area contributed by atoms with Crippen molar-refractivity contribution in [3.63, 3.8) is 0 Å². The van der Waals surface area contributed by atoms with Crippen LogP contribution in [-0.2, 0) is 24.4 Å². The molecule has 0 saturated carbocycles. The number of hydrogen-bond acceptors (Lipinski definition) is 7.